The number of nitrogens with zero attached hydrogens (tertiary/aromatic N) is 1. The van der Waals surface area contributed by atoms with Crippen molar-refractivity contribution in [2.75, 3.05) is 26.3 Å². The van der Waals surface area contributed by atoms with Gasteiger partial charge in [0.05, 0.1) is 19.3 Å². The van der Waals surface area contributed by atoms with E-state index in [4.69, 9.17) is 4.74 Å². The van der Waals surface area contributed by atoms with Crippen LogP contribution in [0.25, 0.3) is 0 Å². The summed E-state index contributed by atoms with van der Waals surface area (Å²) >= 11 is 0. The number of hydrogen-bond donors (Lipinski definition) is 2. The topological polar surface area (TPSA) is 53.6 Å². The predicted molar refractivity (Wildman–Crippen MR) is 98.7 cm³/mol. The molecule has 2 aliphatic carbocycles. The van der Waals surface area contributed by atoms with Gasteiger partial charge in [-0.1, -0.05) is 6.92 Å². The molecule has 1 amide bonds. The Balaban J connectivity index is 1.30. The molecule has 0 bridgehead atoms. The van der Waals surface area contributed by atoms with Crippen LogP contribution >= 0.6 is 0 Å². The van der Waals surface area contributed by atoms with E-state index in [1.807, 2.05) is 0 Å². The Hall–Kier alpha value is -0.720. The van der Waals surface area contributed by atoms with Crippen LogP contribution in [0.15, 0.2) is 0 Å². The fourth-order valence-corrected chi connectivity index (χ4v) is 5.67. The van der Waals surface area contributed by atoms with E-state index in [1.54, 1.807) is 0 Å². The second-order valence-corrected chi connectivity index (χ2v) is 8.89. The van der Waals surface area contributed by atoms with Crippen LogP contribution in [0.4, 0.5) is 4.39 Å². The first-order valence-electron chi connectivity index (χ1n) is 10.6. The Bertz CT molecular complexity index is 481. The predicted octanol–water partition coefficient (Wildman–Crippen LogP) is 1.86. The molecule has 2 N–H and O–H groups in total. The van der Waals surface area contributed by atoms with E-state index in [2.05, 4.69) is 22.5 Å². The monoisotopic (exact) mass is 367 g/mol. The van der Waals surface area contributed by atoms with E-state index < -0.39 is 6.17 Å². The third-order valence-electron chi connectivity index (χ3n) is 7.21. The molecule has 0 aromatic carbocycles. The van der Waals surface area contributed by atoms with Crippen LogP contribution in [0.5, 0.6) is 0 Å². The zero-order chi connectivity index (χ0) is 18.1. The highest BCUT2D eigenvalue weighted by Crippen LogP contribution is 2.38. The van der Waals surface area contributed by atoms with Crippen molar-refractivity contribution in [3.63, 3.8) is 0 Å². The fraction of sp³-hybridized carbons (Fsp3) is 0.950. The number of nitrogens with one attached hydrogen (secondary N) is 2. The lowest BCUT2D eigenvalue weighted by Crippen LogP contribution is -2.52. The molecule has 4 fully saturated rings. The second kappa shape index (κ2) is 8.11. The Morgan fingerprint density at radius 3 is 2.73 bits per heavy atom. The molecule has 4 aliphatic rings. The smallest absolute Gasteiger partial charge is 0.237 e. The van der Waals surface area contributed by atoms with Crippen LogP contribution in [-0.2, 0) is 9.53 Å². The summed E-state index contributed by atoms with van der Waals surface area (Å²) in [6.07, 6.45) is 5.97. The summed E-state index contributed by atoms with van der Waals surface area (Å²) in [6, 6.07) is 0.772. The molecule has 5 unspecified atom stereocenters. The summed E-state index contributed by atoms with van der Waals surface area (Å²) < 4.78 is 19.7. The number of halogens is 1. The number of carbonyl (C=O) groups is 1. The molecule has 2 saturated heterocycles. The molecule has 26 heavy (non-hydrogen) atoms. The van der Waals surface area contributed by atoms with Gasteiger partial charge in [0.1, 0.15) is 6.17 Å². The van der Waals surface area contributed by atoms with Crippen LogP contribution in [0.3, 0.4) is 0 Å². The number of fused-ring (bicyclic) bond motifs is 1. The Kier molecular flexibility index (Phi) is 5.81. The highest BCUT2D eigenvalue weighted by molar-refractivity contribution is 5.82. The van der Waals surface area contributed by atoms with Crippen LogP contribution < -0.4 is 10.6 Å². The van der Waals surface area contributed by atoms with Crippen molar-refractivity contribution in [2.24, 2.45) is 11.8 Å². The summed E-state index contributed by atoms with van der Waals surface area (Å²) in [5, 5.41) is 6.75. The molecule has 2 heterocycles. The molecule has 148 valence electrons. The molecule has 2 aliphatic heterocycles. The minimum Gasteiger partial charge on any atom is -0.379 e. The van der Waals surface area contributed by atoms with Gasteiger partial charge in [0.2, 0.25) is 5.91 Å². The number of alkyl halides is 1. The molecule has 0 aromatic heterocycles. The minimum atomic E-state index is -0.748. The van der Waals surface area contributed by atoms with Crippen molar-refractivity contribution in [1.29, 1.82) is 0 Å². The molecule has 0 radical (unpaired) electrons. The normalized spacial score (nSPS) is 44.5. The van der Waals surface area contributed by atoms with Crippen LogP contribution in [0.2, 0.25) is 0 Å². The average Bonchev–Trinajstić information content (AvgIpc) is 3.13. The molecular weight excluding hydrogens is 333 g/mol. The molecule has 4 rings (SSSR count). The lowest BCUT2D eigenvalue weighted by molar-refractivity contribution is -0.124. The summed E-state index contributed by atoms with van der Waals surface area (Å²) in [6.45, 7) is 5.85. The largest absolute Gasteiger partial charge is 0.379 e. The van der Waals surface area contributed by atoms with Gasteiger partial charge < -0.3 is 15.4 Å². The maximum absolute atomic E-state index is 14.3. The van der Waals surface area contributed by atoms with Gasteiger partial charge in [-0.25, -0.2) is 4.39 Å². The van der Waals surface area contributed by atoms with E-state index in [1.165, 1.54) is 12.8 Å². The number of morpholine rings is 1. The van der Waals surface area contributed by atoms with E-state index >= 15 is 0 Å². The van der Waals surface area contributed by atoms with E-state index in [9.17, 15) is 9.18 Å². The average molecular weight is 368 g/mol. The molecule has 6 heteroatoms. The third kappa shape index (κ3) is 3.92. The molecule has 0 aromatic rings. The maximum atomic E-state index is 14.3. The van der Waals surface area contributed by atoms with Crippen LogP contribution in [0.1, 0.15) is 51.9 Å². The highest BCUT2D eigenvalue weighted by Gasteiger charge is 2.46. The summed E-state index contributed by atoms with van der Waals surface area (Å²) in [7, 11) is 0. The van der Waals surface area contributed by atoms with Gasteiger partial charge in [-0.15, -0.1) is 0 Å². The molecule has 0 spiro atoms. The second-order valence-electron chi connectivity index (χ2n) is 8.89. The van der Waals surface area contributed by atoms with Crippen molar-refractivity contribution in [1.82, 2.24) is 15.5 Å². The van der Waals surface area contributed by atoms with Gasteiger partial charge in [-0.05, 0) is 50.9 Å². The van der Waals surface area contributed by atoms with Gasteiger partial charge in [-0.2, -0.15) is 0 Å². The number of rotatable bonds is 3. The van der Waals surface area contributed by atoms with Gasteiger partial charge >= 0.3 is 0 Å². The van der Waals surface area contributed by atoms with E-state index in [0.717, 1.165) is 45.6 Å². The van der Waals surface area contributed by atoms with Crippen molar-refractivity contribution in [3.8, 4) is 0 Å². The summed E-state index contributed by atoms with van der Waals surface area (Å²) in [5.74, 6) is 0.568. The van der Waals surface area contributed by atoms with Crippen molar-refractivity contribution >= 4 is 5.91 Å². The molecule has 2 saturated carbocycles. The Morgan fingerprint density at radius 2 is 1.96 bits per heavy atom. The van der Waals surface area contributed by atoms with Gasteiger partial charge in [-0.3, -0.25) is 9.69 Å². The lowest BCUT2D eigenvalue weighted by atomic mass is 9.77. The van der Waals surface area contributed by atoms with Crippen LogP contribution in [-0.4, -0.2) is 67.4 Å². The van der Waals surface area contributed by atoms with Crippen molar-refractivity contribution < 1.29 is 13.9 Å². The maximum Gasteiger partial charge on any atom is 0.237 e. The van der Waals surface area contributed by atoms with Gasteiger partial charge in [0, 0.05) is 37.1 Å². The number of amides is 1. The van der Waals surface area contributed by atoms with Gasteiger partial charge in [0.25, 0.3) is 0 Å². The van der Waals surface area contributed by atoms with Crippen molar-refractivity contribution in [2.45, 2.75) is 82.2 Å². The Morgan fingerprint density at radius 1 is 1.15 bits per heavy atom. The standard InChI is InChI=1S/C20H34FN3O2/c1-13-5-6-17(21)16-12-18(23-19(13)16)20(25)22-14-3-2-4-15(11-14)24-7-9-26-10-8-24/h13-19,23H,2-12H2,1H3,(H,22,25)/t13?,14-,15+,16?,17?,18?,19?/m1/s1. The fourth-order valence-electron chi connectivity index (χ4n) is 5.67. The molecule has 7 atom stereocenters. The summed E-state index contributed by atoms with van der Waals surface area (Å²) in [4.78, 5) is 15.4. The number of ether oxygens (including phenoxy) is 1. The third-order valence-corrected chi connectivity index (χ3v) is 7.21. The number of carbonyl (C=O) groups excluding carboxylic acids is 1. The lowest BCUT2D eigenvalue weighted by Gasteiger charge is -2.39. The van der Waals surface area contributed by atoms with Crippen molar-refractivity contribution in [3.05, 3.63) is 0 Å². The SMILES string of the molecule is CC1CCC(F)C2CC(C(=O)N[C@@H]3CCC[C@H](N4CCOCC4)C3)NC12. The quantitative estimate of drug-likeness (QED) is 0.800. The minimum absolute atomic E-state index is 0.0157. The van der Waals surface area contributed by atoms with E-state index in [0.29, 0.717) is 24.8 Å². The first-order chi connectivity index (χ1) is 12.6. The highest BCUT2D eigenvalue weighted by atomic mass is 19.1. The molecule has 5 nitrogen and oxygen atoms in total. The van der Waals surface area contributed by atoms with Crippen LogP contribution in [0, 0.1) is 11.8 Å². The first kappa shape index (κ1) is 18.6. The zero-order valence-electron chi connectivity index (χ0n) is 16.0. The Labute approximate surface area is 156 Å². The van der Waals surface area contributed by atoms with E-state index in [-0.39, 0.29) is 30.0 Å². The first-order valence-corrected chi connectivity index (χ1v) is 10.6. The summed E-state index contributed by atoms with van der Waals surface area (Å²) in [5.41, 5.74) is 0. The molecular formula is C20H34FN3O2. The number of hydrogen-bond acceptors (Lipinski definition) is 4. The van der Waals surface area contributed by atoms with Gasteiger partial charge in [0.15, 0.2) is 0 Å². The zero-order valence-corrected chi connectivity index (χ0v) is 16.0.